The van der Waals surface area contributed by atoms with Gasteiger partial charge in [-0.3, -0.25) is 0 Å². The summed E-state index contributed by atoms with van der Waals surface area (Å²) in [6.07, 6.45) is 23.6. The van der Waals surface area contributed by atoms with E-state index in [1.54, 1.807) is 0 Å². The number of hydrogen-bond donors (Lipinski definition) is 0. The first kappa shape index (κ1) is 25.0. The maximum absolute atomic E-state index is 5.77. The highest BCUT2D eigenvalue weighted by molar-refractivity contribution is 4.61. The van der Waals surface area contributed by atoms with E-state index in [2.05, 4.69) is 27.7 Å². The summed E-state index contributed by atoms with van der Waals surface area (Å²) in [7, 11) is 0. The molecule has 25 heavy (non-hydrogen) atoms. The lowest BCUT2D eigenvalue weighted by Crippen LogP contribution is -2.03. The molecule has 0 aliphatic heterocycles. The Kier molecular flexibility index (Phi) is 18.7. The van der Waals surface area contributed by atoms with Crippen molar-refractivity contribution in [1.29, 1.82) is 0 Å². The van der Waals surface area contributed by atoms with Crippen LogP contribution in [0, 0.1) is 5.41 Å². The van der Waals surface area contributed by atoms with Crippen LogP contribution in [-0.2, 0) is 4.74 Å². The van der Waals surface area contributed by atoms with Gasteiger partial charge in [0.15, 0.2) is 0 Å². The van der Waals surface area contributed by atoms with Gasteiger partial charge in [0.1, 0.15) is 0 Å². The summed E-state index contributed by atoms with van der Waals surface area (Å²) in [5.41, 5.74) is 0.522. The van der Waals surface area contributed by atoms with E-state index in [0.29, 0.717) is 5.41 Å². The minimum atomic E-state index is 0.522. The highest BCUT2D eigenvalue weighted by Crippen LogP contribution is 2.22. The van der Waals surface area contributed by atoms with Crippen LogP contribution in [0.3, 0.4) is 0 Å². The molecular formula is C24H50O. The van der Waals surface area contributed by atoms with Gasteiger partial charge in [0.05, 0.1) is 0 Å². The molecule has 0 rings (SSSR count). The van der Waals surface area contributed by atoms with Crippen LogP contribution in [-0.4, -0.2) is 13.2 Å². The molecule has 0 aromatic rings. The lowest BCUT2D eigenvalue weighted by atomic mass is 9.89. The first-order valence-corrected chi connectivity index (χ1v) is 11.6. The molecule has 0 radical (unpaired) electrons. The Morgan fingerprint density at radius 2 is 0.840 bits per heavy atom. The molecule has 0 atom stereocenters. The number of ether oxygens (including phenoxy) is 1. The molecule has 0 aromatic heterocycles. The van der Waals surface area contributed by atoms with E-state index in [1.807, 2.05) is 0 Å². The van der Waals surface area contributed by atoms with Crippen LogP contribution in [0.4, 0.5) is 0 Å². The smallest absolute Gasteiger partial charge is 0.0466 e. The Labute approximate surface area is 160 Å². The molecule has 0 aliphatic carbocycles. The average Bonchev–Trinajstić information content (AvgIpc) is 2.56. The molecule has 1 heteroatoms. The molecule has 0 aliphatic rings. The molecule has 0 fully saturated rings. The van der Waals surface area contributed by atoms with Crippen LogP contribution >= 0.6 is 0 Å². The highest BCUT2D eigenvalue weighted by Gasteiger charge is 2.08. The topological polar surface area (TPSA) is 9.23 Å². The number of rotatable bonds is 19. The van der Waals surface area contributed by atoms with Crippen LogP contribution < -0.4 is 0 Å². The fourth-order valence-corrected chi connectivity index (χ4v) is 3.36. The van der Waals surface area contributed by atoms with Crippen LogP contribution in [0.1, 0.15) is 137 Å². The summed E-state index contributed by atoms with van der Waals surface area (Å²) >= 11 is 0. The van der Waals surface area contributed by atoms with Crippen LogP contribution in [0.15, 0.2) is 0 Å². The second-order valence-corrected chi connectivity index (χ2v) is 9.23. The maximum Gasteiger partial charge on any atom is 0.0466 e. The largest absolute Gasteiger partial charge is 0.381 e. The fourth-order valence-electron chi connectivity index (χ4n) is 3.36. The Balaban J connectivity index is 3.01. The molecule has 0 unspecified atom stereocenters. The summed E-state index contributed by atoms with van der Waals surface area (Å²) in [5.74, 6) is 0. The minimum absolute atomic E-state index is 0.522. The van der Waals surface area contributed by atoms with Crippen LogP contribution in [0.25, 0.3) is 0 Å². The SMILES string of the molecule is CCCCCCCCCCOCCCCCCCCCCC(C)(C)C. The molecule has 0 bridgehead atoms. The van der Waals surface area contributed by atoms with E-state index in [9.17, 15) is 0 Å². The molecule has 152 valence electrons. The summed E-state index contributed by atoms with van der Waals surface area (Å²) in [6.45, 7) is 11.3. The third-order valence-electron chi connectivity index (χ3n) is 5.11. The Morgan fingerprint density at radius 3 is 1.24 bits per heavy atom. The van der Waals surface area contributed by atoms with Crippen LogP contribution in [0.2, 0.25) is 0 Å². The van der Waals surface area contributed by atoms with Gasteiger partial charge in [-0.1, -0.05) is 118 Å². The van der Waals surface area contributed by atoms with Crippen molar-refractivity contribution in [3.8, 4) is 0 Å². The zero-order valence-electron chi connectivity index (χ0n) is 18.3. The van der Waals surface area contributed by atoms with Crippen molar-refractivity contribution in [2.45, 2.75) is 137 Å². The molecule has 0 saturated carbocycles. The van der Waals surface area contributed by atoms with Gasteiger partial charge in [-0.15, -0.1) is 0 Å². The summed E-state index contributed by atoms with van der Waals surface area (Å²) in [4.78, 5) is 0. The molecule has 0 amide bonds. The molecule has 1 nitrogen and oxygen atoms in total. The molecule has 0 spiro atoms. The second-order valence-electron chi connectivity index (χ2n) is 9.23. The van der Waals surface area contributed by atoms with E-state index in [4.69, 9.17) is 4.74 Å². The monoisotopic (exact) mass is 354 g/mol. The van der Waals surface area contributed by atoms with E-state index in [-0.39, 0.29) is 0 Å². The quantitative estimate of drug-likeness (QED) is 0.211. The summed E-state index contributed by atoms with van der Waals surface area (Å²) < 4.78 is 5.77. The molecule has 0 saturated heterocycles. The van der Waals surface area contributed by atoms with Gasteiger partial charge < -0.3 is 4.74 Å². The first-order valence-electron chi connectivity index (χ1n) is 11.6. The van der Waals surface area contributed by atoms with Crippen molar-refractivity contribution >= 4 is 0 Å². The predicted octanol–water partition coefficient (Wildman–Crippen LogP) is 8.70. The van der Waals surface area contributed by atoms with Crippen molar-refractivity contribution in [3.05, 3.63) is 0 Å². The van der Waals surface area contributed by atoms with E-state index in [0.717, 1.165) is 13.2 Å². The molecule has 0 N–H and O–H groups in total. The van der Waals surface area contributed by atoms with Crippen molar-refractivity contribution in [2.24, 2.45) is 5.41 Å². The van der Waals surface area contributed by atoms with E-state index < -0.39 is 0 Å². The summed E-state index contributed by atoms with van der Waals surface area (Å²) in [6, 6.07) is 0. The third kappa shape index (κ3) is 24.0. The highest BCUT2D eigenvalue weighted by atomic mass is 16.5. The standard InChI is InChI=1S/C24H50O/c1-5-6-7-8-9-13-16-19-22-25-23-20-17-14-11-10-12-15-18-21-24(2,3)4/h5-23H2,1-4H3. The number of unbranched alkanes of at least 4 members (excludes halogenated alkanes) is 14. The maximum atomic E-state index is 5.77. The van der Waals surface area contributed by atoms with E-state index in [1.165, 1.54) is 109 Å². The molecule has 0 heterocycles. The van der Waals surface area contributed by atoms with Gasteiger partial charge in [-0.25, -0.2) is 0 Å². The Morgan fingerprint density at radius 1 is 0.480 bits per heavy atom. The summed E-state index contributed by atoms with van der Waals surface area (Å²) in [5, 5.41) is 0. The van der Waals surface area contributed by atoms with Crippen LogP contribution in [0.5, 0.6) is 0 Å². The van der Waals surface area contributed by atoms with Crippen molar-refractivity contribution < 1.29 is 4.74 Å². The van der Waals surface area contributed by atoms with Gasteiger partial charge in [-0.2, -0.15) is 0 Å². The normalized spacial score (nSPS) is 12.0. The molecule has 0 aromatic carbocycles. The van der Waals surface area contributed by atoms with Gasteiger partial charge in [0.25, 0.3) is 0 Å². The second kappa shape index (κ2) is 18.7. The predicted molar refractivity (Wildman–Crippen MR) is 114 cm³/mol. The minimum Gasteiger partial charge on any atom is -0.381 e. The Bertz CT molecular complexity index is 241. The van der Waals surface area contributed by atoms with Gasteiger partial charge in [0.2, 0.25) is 0 Å². The zero-order chi connectivity index (χ0) is 18.6. The fraction of sp³-hybridized carbons (Fsp3) is 1.00. The van der Waals surface area contributed by atoms with Crippen molar-refractivity contribution in [3.63, 3.8) is 0 Å². The average molecular weight is 355 g/mol. The Hall–Kier alpha value is -0.0400. The van der Waals surface area contributed by atoms with E-state index >= 15 is 0 Å². The zero-order valence-corrected chi connectivity index (χ0v) is 18.3. The lowest BCUT2D eigenvalue weighted by molar-refractivity contribution is 0.125. The van der Waals surface area contributed by atoms with Crippen molar-refractivity contribution in [2.75, 3.05) is 13.2 Å². The molecular weight excluding hydrogens is 304 g/mol. The van der Waals surface area contributed by atoms with Gasteiger partial charge >= 0.3 is 0 Å². The number of hydrogen-bond acceptors (Lipinski definition) is 1. The van der Waals surface area contributed by atoms with Gasteiger partial charge in [0, 0.05) is 13.2 Å². The third-order valence-corrected chi connectivity index (χ3v) is 5.11. The van der Waals surface area contributed by atoms with Gasteiger partial charge in [-0.05, 0) is 24.7 Å². The lowest BCUT2D eigenvalue weighted by Gasteiger charge is -2.17. The van der Waals surface area contributed by atoms with Crippen molar-refractivity contribution in [1.82, 2.24) is 0 Å². The first-order chi connectivity index (χ1) is 12.1.